The number of para-hydroxylation sites is 1. The summed E-state index contributed by atoms with van der Waals surface area (Å²) in [6.07, 6.45) is 4.80. The van der Waals surface area contributed by atoms with E-state index in [4.69, 9.17) is 10.6 Å². The van der Waals surface area contributed by atoms with Gasteiger partial charge in [-0.3, -0.25) is 4.98 Å². The van der Waals surface area contributed by atoms with Crippen LogP contribution in [0.25, 0.3) is 10.9 Å². The topological polar surface area (TPSA) is 84.0 Å². The molecule has 1 aromatic heterocycles. The van der Waals surface area contributed by atoms with Gasteiger partial charge in [0.05, 0.1) is 5.52 Å². The molecule has 6 heteroatoms. The lowest BCUT2D eigenvalue weighted by Crippen LogP contribution is -2.38. The first-order chi connectivity index (χ1) is 11.7. The molecular formula is C18H24N4O2. The van der Waals surface area contributed by atoms with E-state index >= 15 is 0 Å². The summed E-state index contributed by atoms with van der Waals surface area (Å²) in [5.41, 5.74) is 7.57. The van der Waals surface area contributed by atoms with Crippen LogP contribution in [0.5, 0.6) is 0 Å². The van der Waals surface area contributed by atoms with Crippen LogP contribution in [-0.4, -0.2) is 53.2 Å². The number of pyridine rings is 1. The van der Waals surface area contributed by atoms with Crippen LogP contribution in [0, 0.1) is 0 Å². The molecule has 0 spiro atoms. The molecule has 6 nitrogen and oxygen atoms in total. The molecule has 1 saturated heterocycles. The molecule has 0 radical (unpaired) electrons. The number of nitrogens with zero attached hydrogens (tertiary/aromatic N) is 3. The maximum Gasteiger partial charge on any atom is 0.171 e. The van der Waals surface area contributed by atoms with Gasteiger partial charge >= 0.3 is 0 Å². The lowest BCUT2D eigenvalue weighted by Gasteiger charge is -2.27. The van der Waals surface area contributed by atoms with Gasteiger partial charge < -0.3 is 20.6 Å². The van der Waals surface area contributed by atoms with Crippen LogP contribution in [0.15, 0.2) is 41.7 Å². The van der Waals surface area contributed by atoms with Crippen molar-refractivity contribution >= 4 is 16.7 Å². The van der Waals surface area contributed by atoms with Crippen LogP contribution in [0.1, 0.15) is 24.8 Å². The fourth-order valence-electron chi connectivity index (χ4n) is 2.95. The van der Waals surface area contributed by atoms with Crippen molar-refractivity contribution in [3.05, 3.63) is 42.1 Å². The molecule has 0 aliphatic carbocycles. The van der Waals surface area contributed by atoms with Gasteiger partial charge in [0, 0.05) is 23.7 Å². The van der Waals surface area contributed by atoms with Gasteiger partial charge in [0.25, 0.3) is 0 Å². The number of hydrogen-bond acceptors (Lipinski definition) is 5. The minimum absolute atomic E-state index is 0.137. The molecule has 0 bridgehead atoms. The number of oxime groups is 1. The van der Waals surface area contributed by atoms with Gasteiger partial charge in [0.2, 0.25) is 0 Å². The fourth-order valence-corrected chi connectivity index (χ4v) is 2.95. The number of β-amino-alcohol motifs (C(OH)–C–C–N with tert-alkyl or cyclic N) is 1. The zero-order chi connectivity index (χ0) is 16.8. The number of benzene rings is 1. The van der Waals surface area contributed by atoms with Crippen LogP contribution < -0.4 is 5.73 Å². The number of aromatic nitrogens is 1. The zero-order valence-electron chi connectivity index (χ0n) is 13.8. The summed E-state index contributed by atoms with van der Waals surface area (Å²) in [6, 6.07) is 9.74. The predicted octanol–water partition coefficient (Wildman–Crippen LogP) is 1.72. The second kappa shape index (κ2) is 8.08. The van der Waals surface area contributed by atoms with E-state index in [1.165, 1.54) is 19.3 Å². The molecule has 128 valence electrons. The number of piperidine rings is 1. The standard InChI is InChI=1S/C18H24N4O2/c19-18(15-10-14-6-2-3-7-17(14)20-11-15)21-24-13-16(23)12-22-8-4-1-5-9-22/h2-3,6-7,10-11,16,23H,1,4-5,8-9,12-13H2,(H2,19,21). The Morgan fingerprint density at radius 2 is 2.08 bits per heavy atom. The van der Waals surface area contributed by atoms with Crippen molar-refractivity contribution in [3.63, 3.8) is 0 Å². The first kappa shape index (κ1) is 16.7. The molecule has 3 rings (SSSR count). The average Bonchev–Trinajstić information content (AvgIpc) is 2.62. The van der Waals surface area contributed by atoms with Crippen LogP contribution in [-0.2, 0) is 4.84 Å². The van der Waals surface area contributed by atoms with Crippen LogP contribution >= 0.6 is 0 Å². The molecule has 1 atom stereocenters. The van der Waals surface area contributed by atoms with Crippen molar-refractivity contribution < 1.29 is 9.94 Å². The highest BCUT2D eigenvalue weighted by molar-refractivity contribution is 5.99. The van der Waals surface area contributed by atoms with Gasteiger partial charge in [-0.1, -0.05) is 29.8 Å². The van der Waals surface area contributed by atoms with E-state index in [2.05, 4.69) is 15.0 Å². The summed E-state index contributed by atoms with van der Waals surface area (Å²) < 4.78 is 0. The lowest BCUT2D eigenvalue weighted by molar-refractivity contribution is 0.0157. The maximum absolute atomic E-state index is 10.0. The van der Waals surface area contributed by atoms with Crippen molar-refractivity contribution in [3.8, 4) is 0 Å². The molecule has 1 fully saturated rings. The molecule has 0 amide bonds. The Morgan fingerprint density at radius 1 is 1.29 bits per heavy atom. The fraction of sp³-hybridized carbons (Fsp3) is 0.444. The Labute approximate surface area is 141 Å². The third-order valence-corrected chi connectivity index (χ3v) is 4.23. The van der Waals surface area contributed by atoms with Gasteiger partial charge in [-0.2, -0.15) is 0 Å². The van der Waals surface area contributed by atoms with E-state index in [-0.39, 0.29) is 12.4 Å². The second-order valence-electron chi connectivity index (χ2n) is 6.20. The Bertz CT molecular complexity index is 698. The van der Waals surface area contributed by atoms with Crippen LogP contribution in [0.4, 0.5) is 0 Å². The second-order valence-corrected chi connectivity index (χ2v) is 6.20. The molecule has 1 aromatic carbocycles. The number of rotatable bonds is 6. The van der Waals surface area contributed by atoms with Crippen molar-refractivity contribution in [2.24, 2.45) is 10.9 Å². The predicted molar refractivity (Wildman–Crippen MR) is 94.7 cm³/mol. The smallest absolute Gasteiger partial charge is 0.171 e. The number of aliphatic hydroxyl groups excluding tert-OH is 1. The Balaban J connectivity index is 1.53. The van der Waals surface area contributed by atoms with Crippen LogP contribution in [0.3, 0.4) is 0 Å². The number of fused-ring (bicyclic) bond motifs is 1. The third-order valence-electron chi connectivity index (χ3n) is 4.23. The summed E-state index contributed by atoms with van der Waals surface area (Å²) in [7, 11) is 0. The number of aliphatic hydroxyl groups is 1. The Kier molecular flexibility index (Phi) is 5.61. The minimum Gasteiger partial charge on any atom is -0.391 e. The van der Waals surface area contributed by atoms with Gasteiger partial charge in [-0.25, -0.2) is 0 Å². The van der Waals surface area contributed by atoms with Crippen molar-refractivity contribution in [2.45, 2.75) is 25.4 Å². The van der Waals surface area contributed by atoms with E-state index in [1.807, 2.05) is 30.3 Å². The SMILES string of the molecule is N/C(=N/OCC(O)CN1CCCCC1)c1cnc2ccccc2c1. The van der Waals surface area contributed by atoms with E-state index < -0.39 is 6.10 Å². The van der Waals surface area contributed by atoms with E-state index in [0.717, 1.165) is 24.0 Å². The van der Waals surface area contributed by atoms with Gasteiger partial charge in [0.1, 0.15) is 12.7 Å². The Hall–Kier alpha value is -2.18. The normalized spacial score (nSPS) is 17.8. The summed E-state index contributed by atoms with van der Waals surface area (Å²) in [5.74, 6) is 0.262. The average molecular weight is 328 g/mol. The highest BCUT2D eigenvalue weighted by atomic mass is 16.6. The Morgan fingerprint density at radius 3 is 2.92 bits per heavy atom. The largest absolute Gasteiger partial charge is 0.391 e. The van der Waals surface area contributed by atoms with E-state index in [9.17, 15) is 5.11 Å². The number of nitrogens with two attached hydrogens (primary N) is 1. The number of hydrogen-bond donors (Lipinski definition) is 2. The first-order valence-corrected chi connectivity index (χ1v) is 8.43. The molecule has 1 aliphatic heterocycles. The molecule has 1 aliphatic rings. The van der Waals surface area contributed by atoms with Crippen molar-refractivity contribution in [1.82, 2.24) is 9.88 Å². The molecule has 3 N–H and O–H groups in total. The van der Waals surface area contributed by atoms with Gasteiger partial charge in [0.15, 0.2) is 5.84 Å². The quantitative estimate of drug-likeness (QED) is 0.479. The third kappa shape index (κ3) is 4.43. The van der Waals surface area contributed by atoms with E-state index in [0.29, 0.717) is 12.1 Å². The summed E-state index contributed by atoms with van der Waals surface area (Å²) in [6.45, 7) is 2.85. The number of amidine groups is 1. The summed E-state index contributed by atoms with van der Waals surface area (Å²) in [5, 5.41) is 14.9. The molecule has 1 unspecified atom stereocenters. The zero-order valence-corrected chi connectivity index (χ0v) is 13.8. The summed E-state index contributed by atoms with van der Waals surface area (Å²) in [4.78, 5) is 11.8. The highest BCUT2D eigenvalue weighted by Crippen LogP contribution is 2.12. The lowest BCUT2D eigenvalue weighted by atomic mass is 10.1. The number of likely N-dealkylation sites (tertiary alicyclic amines) is 1. The van der Waals surface area contributed by atoms with Crippen molar-refractivity contribution in [1.29, 1.82) is 0 Å². The summed E-state index contributed by atoms with van der Waals surface area (Å²) >= 11 is 0. The van der Waals surface area contributed by atoms with Gasteiger partial charge in [-0.05, 0) is 38.1 Å². The monoisotopic (exact) mass is 328 g/mol. The molecule has 2 heterocycles. The maximum atomic E-state index is 10.0. The minimum atomic E-state index is -0.561. The van der Waals surface area contributed by atoms with Gasteiger partial charge in [-0.15, -0.1) is 0 Å². The molecule has 0 saturated carbocycles. The first-order valence-electron chi connectivity index (χ1n) is 8.43. The van der Waals surface area contributed by atoms with E-state index in [1.54, 1.807) is 6.20 Å². The highest BCUT2D eigenvalue weighted by Gasteiger charge is 2.15. The van der Waals surface area contributed by atoms with Crippen LogP contribution in [0.2, 0.25) is 0 Å². The molecular weight excluding hydrogens is 304 g/mol. The molecule has 24 heavy (non-hydrogen) atoms. The van der Waals surface area contributed by atoms with Crippen molar-refractivity contribution in [2.75, 3.05) is 26.2 Å². The molecule has 2 aromatic rings.